The second kappa shape index (κ2) is 13.9. The van der Waals surface area contributed by atoms with E-state index in [9.17, 15) is 14.7 Å². The molecule has 0 atom stereocenters. The number of pyridine rings is 2. The number of carboxylic acid groups (broad SMARTS) is 1. The minimum atomic E-state index is -0.976. The summed E-state index contributed by atoms with van der Waals surface area (Å²) in [6, 6.07) is 34.2. The summed E-state index contributed by atoms with van der Waals surface area (Å²) in [6.45, 7) is 3.96. The van der Waals surface area contributed by atoms with Gasteiger partial charge in [0.05, 0.1) is 64.4 Å². The summed E-state index contributed by atoms with van der Waals surface area (Å²) in [5, 5.41) is 20.3. The fourth-order valence-corrected chi connectivity index (χ4v) is 5.84. The van der Waals surface area contributed by atoms with E-state index < -0.39 is 5.97 Å². The van der Waals surface area contributed by atoms with Crippen molar-refractivity contribution in [3.8, 4) is 33.9 Å². The molecule has 0 fully saturated rings. The molecule has 0 amide bonds. The van der Waals surface area contributed by atoms with Crippen LogP contribution in [0.5, 0.6) is 0 Å². The molecule has 0 aliphatic heterocycles. The lowest BCUT2D eigenvalue weighted by molar-refractivity contribution is 0.0600. The van der Waals surface area contributed by atoms with E-state index in [-0.39, 0.29) is 11.5 Å². The Hall–Kier alpha value is -6.94. The first kappa shape index (κ1) is 32.6. The van der Waals surface area contributed by atoms with Crippen LogP contribution in [0.4, 0.5) is 0 Å². The van der Waals surface area contributed by atoms with Gasteiger partial charge >= 0.3 is 11.9 Å². The first-order valence-electron chi connectivity index (χ1n) is 16.1. The molecule has 0 aliphatic rings. The molecule has 0 saturated heterocycles. The maximum Gasteiger partial charge on any atom is 0.337 e. The van der Waals surface area contributed by atoms with Crippen molar-refractivity contribution in [3.05, 3.63) is 156 Å². The SMILES string of the molecule is COC(=O)c1cc(-c2ccc(C)cn2)c2cnn(-c3ccccc3)c2c1.Cc1ccc(-c2cc(C(=O)O)cc3c2cnn3-c2ccccc2)nc1. The third kappa shape index (κ3) is 6.58. The van der Waals surface area contributed by atoms with E-state index in [2.05, 4.69) is 20.2 Å². The van der Waals surface area contributed by atoms with Crippen molar-refractivity contribution >= 4 is 33.7 Å². The summed E-state index contributed by atoms with van der Waals surface area (Å²) in [6.07, 6.45) is 7.15. The van der Waals surface area contributed by atoms with Crippen LogP contribution < -0.4 is 0 Å². The van der Waals surface area contributed by atoms with Gasteiger partial charge in [0, 0.05) is 34.3 Å². The summed E-state index contributed by atoms with van der Waals surface area (Å²) in [4.78, 5) is 32.8. The molecule has 1 N–H and O–H groups in total. The van der Waals surface area contributed by atoms with E-state index in [4.69, 9.17) is 4.74 Å². The number of benzene rings is 4. The number of carbonyl (C=O) groups is 2. The number of nitrogens with zero attached hydrogens (tertiary/aromatic N) is 6. The van der Waals surface area contributed by atoms with Crippen molar-refractivity contribution in [3.63, 3.8) is 0 Å². The number of hydrogen-bond acceptors (Lipinski definition) is 7. The van der Waals surface area contributed by atoms with Crippen LogP contribution in [0.15, 0.2) is 134 Å². The van der Waals surface area contributed by atoms with E-state index >= 15 is 0 Å². The van der Waals surface area contributed by atoms with Crippen molar-refractivity contribution in [2.24, 2.45) is 0 Å². The van der Waals surface area contributed by atoms with Crippen LogP contribution in [0, 0.1) is 13.8 Å². The second-order valence-corrected chi connectivity index (χ2v) is 11.9. The summed E-state index contributed by atoms with van der Waals surface area (Å²) >= 11 is 0. The van der Waals surface area contributed by atoms with Crippen molar-refractivity contribution in [1.29, 1.82) is 0 Å². The third-order valence-electron chi connectivity index (χ3n) is 8.42. The second-order valence-electron chi connectivity index (χ2n) is 11.9. The molecule has 250 valence electrons. The van der Waals surface area contributed by atoms with Gasteiger partial charge in [-0.2, -0.15) is 10.2 Å². The highest BCUT2D eigenvalue weighted by Crippen LogP contribution is 2.32. The molecule has 8 aromatic rings. The van der Waals surface area contributed by atoms with Gasteiger partial charge in [-0.15, -0.1) is 0 Å². The maximum atomic E-state index is 12.2. The molecule has 4 heterocycles. The van der Waals surface area contributed by atoms with Crippen LogP contribution in [0.3, 0.4) is 0 Å². The Morgan fingerprint density at radius 1 is 0.588 bits per heavy atom. The van der Waals surface area contributed by atoms with Gasteiger partial charge in [0.25, 0.3) is 0 Å². The standard InChI is InChI=1S/C21H17N3O2.C20H15N3O2/c1-14-8-9-19(22-12-14)17-10-15(21(25)26-2)11-20-18(17)13-23-24(20)16-6-4-3-5-7-16;1-13-7-8-18(21-11-13)16-9-14(20(24)25)10-19-17(16)12-22-23(19)15-5-3-2-4-6-15/h3-13H,1-2H3;2-12H,1H3,(H,24,25). The summed E-state index contributed by atoms with van der Waals surface area (Å²) in [7, 11) is 1.38. The molecule has 4 aromatic carbocycles. The van der Waals surface area contributed by atoms with Gasteiger partial charge in [-0.3, -0.25) is 9.97 Å². The van der Waals surface area contributed by atoms with E-state index in [0.717, 1.165) is 66.8 Å². The lowest BCUT2D eigenvalue weighted by Gasteiger charge is -2.09. The molecule has 0 unspecified atom stereocenters. The first-order chi connectivity index (χ1) is 24.8. The zero-order chi connectivity index (χ0) is 35.5. The van der Waals surface area contributed by atoms with E-state index in [1.54, 1.807) is 41.5 Å². The summed E-state index contributed by atoms with van der Waals surface area (Å²) in [5.74, 6) is -1.36. The van der Waals surface area contributed by atoms with Crippen molar-refractivity contribution in [2.75, 3.05) is 7.11 Å². The monoisotopic (exact) mass is 672 g/mol. The Labute approximate surface area is 293 Å². The summed E-state index contributed by atoms with van der Waals surface area (Å²) < 4.78 is 8.50. The van der Waals surface area contributed by atoms with Crippen LogP contribution in [0.1, 0.15) is 31.8 Å². The van der Waals surface area contributed by atoms with Gasteiger partial charge in [-0.1, -0.05) is 48.5 Å². The molecule has 0 bridgehead atoms. The molecule has 51 heavy (non-hydrogen) atoms. The van der Waals surface area contributed by atoms with Crippen molar-refractivity contribution in [1.82, 2.24) is 29.5 Å². The molecular formula is C41H32N6O4. The molecule has 10 heteroatoms. The van der Waals surface area contributed by atoms with Gasteiger partial charge in [0.15, 0.2) is 0 Å². The van der Waals surface area contributed by atoms with Crippen LogP contribution in [0.2, 0.25) is 0 Å². The zero-order valence-electron chi connectivity index (χ0n) is 28.1. The fourth-order valence-electron chi connectivity index (χ4n) is 5.84. The number of aromatic carboxylic acids is 1. The molecule has 10 nitrogen and oxygen atoms in total. The van der Waals surface area contributed by atoms with E-state index in [0.29, 0.717) is 5.56 Å². The Kier molecular flexibility index (Phi) is 8.88. The highest BCUT2D eigenvalue weighted by Gasteiger charge is 2.18. The molecule has 8 rings (SSSR count). The highest BCUT2D eigenvalue weighted by molar-refractivity contribution is 6.02. The average molecular weight is 673 g/mol. The smallest absolute Gasteiger partial charge is 0.337 e. The number of methoxy groups -OCH3 is 1. The van der Waals surface area contributed by atoms with Crippen LogP contribution in [0.25, 0.3) is 55.7 Å². The largest absolute Gasteiger partial charge is 0.478 e. The van der Waals surface area contributed by atoms with Gasteiger partial charge in [-0.25, -0.2) is 19.0 Å². The molecule has 0 aliphatic carbocycles. The predicted molar refractivity (Wildman–Crippen MR) is 196 cm³/mol. The maximum absolute atomic E-state index is 12.2. The fraction of sp³-hybridized carbons (Fsp3) is 0.0732. The number of aryl methyl sites for hydroxylation is 2. The number of rotatable bonds is 6. The molecule has 0 saturated carbocycles. The normalized spacial score (nSPS) is 10.9. The lowest BCUT2D eigenvalue weighted by Crippen LogP contribution is -2.03. The molecular weight excluding hydrogens is 640 g/mol. The quantitative estimate of drug-likeness (QED) is 0.175. The van der Waals surface area contributed by atoms with Gasteiger partial charge in [0.1, 0.15) is 0 Å². The van der Waals surface area contributed by atoms with Crippen molar-refractivity contribution in [2.45, 2.75) is 13.8 Å². The predicted octanol–water partition coefficient (Wildman–Crippen LogP) is 8.28. The third-order valence-corrected chi connectivity index (χ3v) is 8.42. The number of esters is 1. The number of carbonyl (C=O) groups excluding carboxylic acids is 1. The van der Waals surface area contributed by atoms with Crippen LogP contribution in [-0.4, -0.2) is 53.7 Å². The number of ether oxygens (including phenoxy) is 1. The number of aromatic nitrogens is 6. The van der Waals surface area contributed by atoms with E-state index in [1.807, 2.05) is 116 Å². The van der Waals surface area contributed by atoms with Crippen LogP contribution in [-0.2, 0) is 4.74 Å². The topological polar surface area (TPSA) is 125 Å². The van der Waals surface area contributed by atoms with Gasteiger partial charge in [0.2, 0.25) is 0 Å². The van der Waals surface area contributed by atoms with Gasteiger partial charge in [-0.05, 0) is 85.6 Å². The van der Waals surface area contributed by atoms with Crippen LogP contribution >= 0.6 is 0 Å². The van der Waals surface area contributed by atoms with Crippen molar-refractivity contribution < 1.29 is 19.4 Å². The minimum absolute atomic E-state index is 0.211. The number of hydrogen-bond donors (Lipinski definition) is 1. The Bertz CT molecular complexity index is 2510. The minimum Gasteiger partial charge on any atom is -0.478 e. The number of para-hydroxylation sites is 2. The number of fused-ring (bicyclic) bond motifs is 2. The van der Waals surface area contributed by atoms with E-state index in [1.165, 1.54) is 7.11 Å². The Balaban J connectivity index is 0.000000159. The Morgan fingerprint density at radius 3 is 1.45 bits per heavy atom. The first-order valence-corrected chi connectivity index (χ1v) is 16.1. The Morgan fingerprint density at radius 2 is 1.04 bits per heavy atom. The number of carboxylic acids is 1. The molecule has 4 aromatic heterocycles. The summed E-state index contributed by atoms with van der Waals surface area (Å²) in [5.41, 5.74) is 9.31. The lowest BCUT2D eigenvalue weighted by atomic mass is 10.0. The molecule has 0 radical (unpaired) electrons. The zero-order valence-corrected chi connectivity index (χ0v) is 28.1. The van der Waals surface area contributed by atoms with Gasteiger partial charge < -0.3 is 9.84 Å². The molecule has 0 spiro atoms. The highest BCUT2D eigenvalue weighted by atomic mass is 16.5. The average Bonchev–Trinajstić information content (AvgIpc) is 3.80.